The predicted octanol–water partition coefficient (Wildman–Crippen LogP) is 3.16. The van der Waals surface area contributed by atoms with E-state index in [0.29, 0.717) is 5.41 Å². The molecule has 5 heteroatoms. The molecule has 0 aliphatic heterocycles. The van der Waals surface area contributed by atoms with Gasteiger partial charge in [-0.2, -0.15) is 5.10 Å². The Bertz CT molecular complexity index is 680. The molecule has 0 atom stereocenters. The Balaban J connectivity index is 1.45. The fourth-order valence-corrected chi connectivity index (χ4v) is 3.36. The van der Waals surface area contributed by atoms with Crippen LogP contribution in [0.5, 0.6) is 0 Å². The molecule has 1 fully saturated rings. The van der Waals surface area contributed by atoms with E-state index < -0.39 is 0 Å². The van der Waals surface area contributed by atoms with Crippen molar-refractivity contribution >= 4 is 5.96 Å². The smallest absolute Gasteiger partial charge is 0.191 e. The number of nitrogens with zero attached hydrogens (tertiary/aromatic N) is 3. The van der Waals surface area contributed by atoms with Crippen LogP contribution < -0.4 is 10.6 Å². The normalized spacial score (nSPS) is 16.3. The maximum Gasteiger partial charge on any atom is 0.191 e. The minimum absolute atomic E-state index is 0.494. The first-order valence-corrected chi connectivity index (χ1v) is 9.28. The Labute approximate surface area is 150 Å². The van der Waals surface area contributed by atoms with E-state index in [1.807, 2.05) is 36.1 Å². The monoisotopic (exact) mass is 339 g/mol. The van der Waals surface area contributed by atoms with Crippen molar-refractivity contribution in [3.63, 3.8) is 0 Å². The third kappa shape index (κ3) is 4.41. The van der Waals surface area contributed by atoms with Gasteiger partial charge in [-0.25, -0.2) is 4.68 Å². The Morgan fingerprint density at radius 2 is 2.04 bits per heavy atom. The maximum absolute atomic E-state index is 4.45. The van der Waals surface area contributed by atoms with Gasteiger partial charge in [0, 0.05) is 26.3 Å². The molecule has 0 amide bonds. The highest BCUT2D eigenvalue weighted by Crippen LogP contribution is 2.42. The van der Waals surface area contributed by atoms with Gasteiger partial charge in [0.1, 0.15) is 0 Å². The Morgan fingerprint density at radius 1 is 1.24 bits per heavy atom. The fourth-order valence-electron chi connectivity index (χ4n) is 3.36. The molecular weight excluding hydrogens is 310 g/mol. The van der Waals surface area contributed by atoms with Crippen LogP contribution in [0, 0.1) is 5.41 Å². The lowest BCUT2D eigenvalue weighted by Crippen LogP contribution is -2.46. The molecule has 0 spiro atoms. The van der Waals surface area contributed by atoms with Crippen molar-refractivity contribution in [1.82, 2.24) is 20.4 Å². The molecule has 1 heterocycles. The number of aromatic nitrogens is 2. The summed E-state index contributed by atoms with van der Waals surface area (Å²) in [5, 5.41) is 11.4. The van der Waals surface area contributed by atoms with E-state index in [-0.39, 0.29) is 0 Å². The van der Waals surface area contributed by atoms with E-state index in [2.05, 4.69) is 46.0 Å². The largest absolute Gasteiger partial charge is 0.356 e. The lowest BCUT2D eigenvalue weighted by molar-refractivity contribution is 0.131. The van der Waals surface area contributed by atoms with Crippen LogP contribution in [-0.2, 0) is 6.42 Å². The number of guanidine groups is 1. The minimum atomic E-state index is 0.494. The highest BCUT2D eigenvalue weighted by Gasteiger charge is 2.34. The zero-order valence-electron chi connectivity index (χ0n) is 15.3. The number of aliphatic imine (C=N–C) groups is 1. The van der Waals surface area contributed by atoms with Gasteiger partial charge in [0.15, 0.2) is 5.96 Å². The third-order valence-corrected chi connectivity index (χ3v) is 5.38. The summed E-state index contributed by atoms with van der Waals surface area (Å²) < 4.78 is 1.92. The molecule has 3 rings (SSSR count). The predicted molar refractivity (Wildman–Crippen MR) is 103 cm³/mol. The topological polar surface area (TPSA) is 54.2 Å². The van der Waals surface area contributed by atoms with Crippen LogP contribution in [0.1, 0.15) is 38.2 Å². The summed E-state index contributed by atoms with van der Waals surface area (Å²) in [5.74, 6) is 0.898. The van der Waals surface area contributed by atoms with Gasteiger partial charge in [-0.05, 0) is 48.8 Å². The zero-order chi connectivity index (χ0) is 17.5. The van der Waals surface area contributed by atoms with Crippen LogP contribution in [0.15, 0.2) is 47.7 Å². The summed E-state index contributed by atoms with van der Waals surface area (Å²) in [6.45, 7) is 4.16. The van der Waals surface area contributed by atoms with Gasteiger partial charge in [-0.15, -0.1) is 0 Å². The molecule has 5 nitrogen and oxygen atoms in total. The standard InChI is InChI=1S/C20H29N5/c1-3-20(11-7-12-20)16-23-19(21-2)22-13-10-17-14-24-25(15-17)18-8-5-4-6-9-18/h4-6,8-9,14-15H,3,7,10-13,16H2,1-2H3,(H2,21,22,23). The SMILES string of the molecule is CCC1(CNC(=NC)NCCc2cnn(-c3ccccc3)c2)CCC1. The van der Waals surface area contributed by atoms with Crippen LogP contribution >= 0.6 is 0 Å². The number of hydrogen-bond acceptors (Lipinski definition) is 2. The van der Waals surface area contributed by atoms with E-state index in [0.717, 1.165) is 31.2 Å². The minimum Gasteiger partial charge on any atom is -0.356 e. The molecule has 25 heavy (non-hydrogen) atoms. The van der Waals surface area contributed by atoms with Crippen molar-refractivity contribution in [3.8, 4) is 5.69 Å². The van der Waals surface area contributed by atoms with Gasteiger partial charge in [0.25, 0.3) is 0 Å². The van der Waals surface area contributed by atoms with Gasteiger partial charge >= 0.3 is 0 Å². The van der Waals surface area contributed by atoms with E-state index in [1.54, 1.807) is 0 Å². The molecule has 0 unspecified atom stereocenters. The number of rotatable bonds is 7. The van der Waals surface area contributed by atoms with Gasteiger partial charge in [-0.3, -0.25) is 4.99 Å². The summed E-state index contributed by atoms with van der Waals surface area (Å²) in [5.41, 5.74) is 2.80. The van der Waals surface area contributed by atoms with E-state index >= 15 is 0 Å². The average Bonchev–Trinajstić information content (AvgIpc) is 3.09. The van der Waals surface area contributed by atoms with Crippen molar-refractivity contribution in [3.05, 3.63) is 48.3 Å². The van der Waals surface area contributed by atoms with Crippen molar-refractivity contribution < 1.29 is 0 Å². The van der Waals surface area contributed by atoms with Crippen molar-refractivity contribution in [2.24, 2.45) is 10.4 Å². The van der Waals surface area contributed by atoms with Crippen LogP contribution in [0.25, 0.3) is 5.69 Å². The molecule has 1 aliphatic carbocycles. The fraction of sp³-hybridized carbons (Fsp3) is 0.500. The molecule has 1 saturated carbocycles. The lowest BCUT2D eigenvalue weighted by atomic mass is 9.67. The van der Waals surface area contributed by atoms with Crippen LogP contribution in [0.4, 0.5) is 0 Å². The molecule has 0 saturated heterocycles. The van der Waals surface area contributed by atoms with Crippen LogP contribution in [0.2, 0.25) is 0 Å². The lowest BCUT2D eigenvalue weighted by Gasteiger charge is -2.41. The summed E-state index contributed by atoms with van der Waals surface area (Å²) in [4.78, 5) is 4.34. The van der Waals surface area contributed by atoms with Crippen molar-refractivity contribution in [2.45, 2.75) is 39.0 Å². The molecule has 0 radical (unpaired) electrons. The van der Waals surface area contributed by atoms with Crippen molar-refractivity contribution in [1.29, 1.82) is 0 Å². The number of hydrogen-bond donors (Lipinski definition) is 2. The quantitative estimate of drug-likeness (QED) is 0.602. The third-order valence-electron chi connectivity index (χ3n) is 5.38. The Morgan fingerprint density at radius 3 is 2.68 bits per heavy atom. The molecule has 1 aromatic heterocycles. The molecular formula is C20H29N5. The Hall–Kier alpha value is -2.30. The molecule has 2 aromatic rings. The summed E-state index contributed by atoms with van der Waals surface area (Å²) in [6.07, 6.45) is 10.2. The molecule has 2 N–H and O–H groups in total. The van der Waals surface area contributed by atoms with Crippen LogP contribution in [-0.4, -0.2) is 35.9 Å². The summed E-state index contributed by atoms with van der Waals surface area (Å²) in [7, 11) is 1.84. The van der Waals surface area contributed by atoms with Crippen molar-refractivity contribution in [2.75, 3.05) is 20.1 Å². The first-order chi connectivity index (χ1) is 12.2. The number of nitrogens with one attached hydrogen (secondary N) is 2. The van der Waals surface area contributed by atoms with E-state index in [9.17, 15) is 0 Å². The first-order valence-electron chi connectivity index (χ1n) is 9.28. The zero-order valence-corrected chi connectivity index (χ0v) is 15.3. The first kappa shape index (κ1) is 17.5. The Kier molecular flexibility index (Phi) is 5.74. The maximum atomic E-state index is 4.45. The molecule has 134 valence electrons. The second-order valence-corrected chi connectivity index (χ2v) is 6.94. The average molecular weight is 339 g/mol. The molecule has 1 aliphatic rings. The van der Waals surface area contributed by atoms with E-state index in [4.69, 9.17) is 0 Å². The summed E-state index contributed by atoms with van der Waals surface area (Å²) >= 11 is 0. The highest BCUT2D eigenvalue weighted by molar-refractivity contribution is 5.79. The molecule has 1 aromatic carbocycles. The van der Waals surface area contributed by atoms with Gasteiger partial charge in [0.2, 0.25) is 0 Å². The highest BCUT2D eigenvalue weighted by atomic mass is 15.3. The van der Waals surface area contributed by atoms with Gasteiger partial charge in [-0.1, -0.05) is 31.5 Å². The van der Waals surface area contributed by atoms with Gasteiger partial charge < -0.3 is 10.6 Å². The van der Waals surface area contributed by atoms with Crippen LogP contribution in [0.3, 0.4) is 0 Å². The second-order valence-electron chi connectivity index (χ2n) is 6.94. The number of benzene rings is 1. The summed E-state index contributed by atoms with van der Waals surface area (Å²) in [6, 6.07) is 10.2. The number of para-hydroxylation sites is 1. The van der Waals surface area contributed by atoms with Gasteiger partial charge in [0.05, 0.1) is 11.9 Å². The second kappa shape index (κ2) is 8.19. The molecule has 0 bridgehead atoms. The van der Waals surface area contributed by atoms with E-state index in [1.165, 1.54) is 31.2 Å².